The maximum absolute atomic E-state index is 12.8. The summed E-state index contributed by atoms with van der Waals surface area (Å²) in [6.07, 6.45) is 4.08. The number of nitrogens with zero attached hydrogens (tertiary/aromatic N) is 2. The van der Waals surface area contributed by atoms with Crippen molar-refractivity contribution in [1.29, 1.82) is 0 Å². The largest absolute Gasteiger partial charge is 0.331 e. The smallest absolute Gasteiger partial charge is 0.272 e. The van der Waals surface area contributed by atoms with Crippen molar-refractivity contribution in [2.45, 2.75) is 37.8 Å². The van der Waals surface area contributed by atoms with Gasteiger partial charge in [0, 0.05) is 17.6 Å². The molecule has 2 fully saturated rings. The number of fused-ring (bicyclic) bond motifs is 2. The number of rotatable bonds is 2. The van der Waals surface area contributed by atoms with Crippen LogP contribution in [0.5, 0.6) is 0 Å². The Bertz CT molecular complexity index is 703. The molecule has 2 bridgehead atoms. The third-order valence-electron chi connectivity index (χ3n) is 4.78. The van der Waals surface area contributed by atoms with Crippen molar-refractivity contribution < 1.29 is 4.79 Å². The topological polar surface area (TPSA) is 49.0 Å². The molecule has 0 radical (unpaired) electrons. The van der Waals surface area contributed by atoms with Crippen molar-refractivity contribution in [3.05, 3.63) is 54.2 Å². The van der Waals surface area contributed by atoms with Crippen LogP contribution < -0.4 is 0 Å². The number of hydrogen-bond donors (Lipinski definition) is 1. The molecule has 2 unspecified atom stereocenters. The van der Waals surface area contributed by atoms with Gasteiger partial charge in [0.1, 0.15) is 5.69 Å². The molecule has 0 spiro atoms. The van der Waals surface area contributed by atoms with Crippen LogP contribution in [-0.2, 0) is 0 Å². The van der Waals surface area contributed by atoms with Gasteiger partial charge < -0.3 is 4.90 Å². The lowest BCUT2D eigenvalue weighted by Crippen LogP contribution is -2.44. The Kier molecular flexibility index (Phi) is 3.10. The first-order chi connectivity index (χ1) is 10.7. The standard InChI is InChI=1S/C18H19N3O/c1-12-9-14-7-8-15(10-12)21(14)18(22)17-11-16(19-20-17)13-5-3-2-4-6-13/h2-6,11,14-15H,1,7-10H2,(H,19,20). The summed E-state index contributed by atoms with van der Waals surface area (Å²) in [6, 6.07) is 12.4. The molecule has 1 aromatic heterocycles. The number of amides is 1. The number of H-pyrrole nitrogens is 1. The lowest BCUT2D eigenvalue weighted by Gasteiger charge is -2.35. The van der Waals surface area contributed by atoms with Crippen LogP contribution in [0.4, 0.5) is 0 Å². The zero-order valence-electron chi connectivity index (χ0n) is 12.5. The van der Waals surface area contributed by atoms with Crippen molar-refractivity contribution in [2.75, 3.05) is 0 Å². The van der Waals surface area contributed by atoms with E-state index in [2.05, 4.69) is 21.7 Å². The van der Waals surface area contributed by atoms with Crippen LogP contribution in [0.2, 0.25) is 0 Å². The molecule has 2 aliphatic heterocycles. The maximum atomic E-state index is 12.8. The second kappa shape index (κ2) is 5.13. The van der Waals surface area contributed by atoms with E-state index < -0.39 is 0 Å². The monoisotopic (exact) mass is 293 g/mol. The predicted octanol–water partition coefficient (Wildman–Crippen LogP) is 3.40. The van der Waals surface area contributed by atoms with Crippen LogP contribution in [0, 0.1) is 0 Å². The third kappa shape index (κ3) is 2.15. The highest BCUT2D eigenvalue weighted by Crippen LogP contribution is 2.38. The minimum absolute atomic E-state index is 0.0784. The van der Waals surface area contributed by atoms with Gasteiger partial charge in [0.15, 0.2) is 0 Å². The first-order valence-corrected chi connectivity index (χ1v) is 7.82. The van der Waals surface area contributed by atoms with Crippen molar-refractivity contribution in [3.63, 3.8) is 0 Å². The van der Waals surface area contributed by atoms with Gasteiger partial charge in [-0.2, -0.15) is 5.10 Å². The zero-order valence-corrected chi connectivity index (χ0v) is 12.5. The predicted molar refractivity (Wildman–Crippen MR) is 85.4 cm³/mol. The Morgan fingerprint density at radius 3 is 2.55 bits per heavy atom. The van der Waals surface area contributed by atoms with Gasteiger partial charge in [-0.1, -0.05) is 42.5 Å². The maximum Gasteiger partial charge on any atom is 0.272 e. The molecule has 112 valence electrons. The minimum Gasteiger partial charge on any atom is -0.331 e. The number of aromatic nitrogens is 2. The summed E-state index contributed by atoms with van der Waals surface area (Å²) in [6.45, 7) is 4.11. The van der Waals surface area contributed by atoms with E-state index in [1.165, 1.54) is 5.57 Å². The van der Waals surface area contributed by atoms with Crippen molar-refractivity contribution >= 4 is 5.91 Å². The fourth-order valence-electron chi connectivity index (χ4n) is 3.77. The van der Waals surface area contributed by atoms with Crippen LogP contribution >= 0.6 is 0 Å². The first-order valence-electron chi connectivity index (χ1n) is 7.82. The average Bonchev–Trinajstić information content (AvgIpc) is 3.12. The van der Waals surface area contributed by atoms with Gasteiger partial charge in [-0.3, -0.25) is 9.89 Å². The molecule has 4 heteroatoms. The minimum atomic E-state index is 0.0784. The number of benzene rings is 1. The van der Waals surface area contributed by atoms with E-state index in [4.69, 9.17) is 0 Å². The number of carbonyl (C=O) groups excluding carboxylic acids is 1. The number of hydrogen-bond acceptors (Lipinski definition) is 2. The highest BCUT2D eigenvalue weighted by atomic mass is 16.2. The summed E-state index contributed by atoms with van der Waals surface area (Å²) in [5.41, 5.74) is 3.71. The second-order valence-electron chi connectivity index (χ2n) is 6.29. The van der Waals surface area contributed by atoms with E-state index in [1.807, 2.05) is 36.4 Å². The number of aromatic amines is 1. The summed E-state index contributed by atoms with van der Waals surface area (Å²) < 4.78 is 0. The van der Waals surface area contributed by atoms with E-state index in [0.717, 1.165) is 36.9 Å². The Morgan fingerprint density at radius 2 is 1.86 bits per heavy atom. The number of nitrogens with one attached hydrogen (secondary N) is 1. The van der Waals surface area contributed by atoms with Crippen LogP contribution in [-0.4, -0.2) is 33.1 Å². The normalized spacial score (nSPS) is 23.8. The molecule has 4 nitrogen and oxygen atoms in total. The molecule has 0 saturated carbocycles. The summed E-state index contributed by atoms with van der Waals surface area (Å²) in [4.78, 5) is 14.9. The molecule has 2 aliphatic rings. The molecule has 1 amide bonds. The molecule has 3 heterocycles. The van der Waals surface area contributed by atoms with Gasteiger partial charge in [0.2, 0.25) is 0 Å². The summed E-state index contributed by atoms with van der Waals surface area (Å²) in [7, 11) is 0. The Labute approximate surface area is 129 Å². The molecule has 2 atom stereocenters. The zero-order chi connectivity index (χ0) is 15.1. The Hall–Kier alpha value is -2.36. The van der Waals surface area contributed by atoms with Gasteiger partial charge in [-0.25, -0.2) is 0 Å². The fraction of sp³-hybridized carbons (Fsp3) is 0.333. The fourth-order valence-corrected chi connectivity index (χ4v) is 3.77. The van der Waals surface area contributed by atoms with E-state index in [9.17, 15) is 4.79 Å². The molecule has 22 heavy (non-hydrogen) atoms. The van der Waals surface area contributed by atoms with E-state index >= 15 is 0 Å². The summed E-state index contributed by atoms with van der Waals surface area (Å²) in [5.74, 6) is 0.0784. The van der Waals surface area contributed by atoms with Crippen LogP contribution in [0.1, 0.15) is 36.2 Å². The molecule has 2 saturated heterocycles. The molecule has 1 N–H and O–H groups in total. The Balaban J connectivity index is 1.59. The van der Waals surface area contributed by atoms with Gasteiger partial charge in [-0.15, -0.1) is 0 Å². The van der Waals surface area contributed by atoms with Crippen LogP contribution in [0.15, 0.2) is 48.6 Å². The highest BCUT2D eigenvalue weighted by Gasteiger charge is 2.41. The molecular formula is C18H19N3O. The van der Waals surface area contributed by atoms with E-state index in [1.54, 1.807) is 0 Å². The van der Waals surface area contributed by atoms with Gasteiger partial charge in [-0.05, 0) is 31.7 Å². The summed E-state index contributed by atoms with van der Waals surface area (Å²) in [5, 5.41) is 7.22. The Morgan fingerprint density at radius 1 is 1.18 bits per heavy atom. The lowest BCUT2D eigenvalue weighted by molar-refractivity contribution is 0.0629. The molecular weight excluding hydrogens is 274 g/mol. The van der Waals surface area contributed by atoms with E-state index in [0.29, 0.717) is 17.8 Å². The average molecular weight is 293 g/mol. The SMILES string of the molecule is C=C1CC2CCC(C1)N2C(=O)c1cc(-c2ccccc2)n[nH]1. The molecule has 0 aliphatic carbocycles. The van der Waals surface area contributed by atoms with Crippen LogP contribution in [0.25, 0.3) is 11.3 Å². The number of piperidine rings is 1. The van der Waals surface area contributed by atoms with Crippen molar-refractivity contribution in [2.24, 2.45) is 0 Å². The highest BCUT2D eigenvalue weighted by molar-refractivity contribution is 5.94. The van der Waals surface area contributed by atoms with Gasteiger partial charge in [0.05, 0.1) is 5.69 Å². The molecule has 1 aromatic carbocycles. The first kappa shape index (κ1) is 13.3. The van der Waals surface area contributed by atoms with Crippen LogP contribution in [0.3, 0.4) is 0 Å². The molecule has 4 rings (SSSR count). The van der Waals surface area contributed by atoms with E-state index in [-0.39, 0.29) is 5.91 Å². The quantitative estimate of drug-likeness (QED) is 0.863. The van der Waals surface area contributed by atoms with Gasteiger partial charge >= 0.3 is 0 Å². The summed E-state index contributed by atoms with van der Waals surface area (Å²) >= 11 is 0. The third-order valence-corrected chi connectivity index (χ3v) is 4.78. The van der Waals surface area contributed by atoms with Gasteiger partial charge in [0.25, 0.3) is 5.91 Å². The molecule has 2 aromatic rings. The second-order valence-corrected chi connectivity index (χ2v) is 6.29. The number of carbonyl (C=O) groups is 1. The van der Waals surface area contributed by atoms with Crippen molar-refractivity contribution in [1.82, 2.24) is 15.1 Å². The van der Waals surface area contributed by atoms with Crippen molar-refractivity contribution in [3.8, 4) is 11.3 Å². The lowest BCUT2D eigenvalue weighted by atomic mass is 9.98.